The first kappa shape index (κ1) is 37.5. The zero-order chi connectivity index (χ0) is 34.9. The van der Waals surface area contributed by atoms with Crippen molar-refractivity contribution in [1.29, 1.82) is 0 Å². The number of benzene rings is 2. The van der Waals surface area contributed by atoms with Crippen molar-refractivity contribution in [2.75, 3.05) is 0 Å². The summed E-state index contributed by atoms with van der Waals surface area (Å²) in [4.78, 5) is 27.3. The molecule has 264 valence electrons. The van der Waals surface area contributed by atoms with Gasteiger partial charge in [-0.3, -0.25) is 9.59 Å². The molecule has 3 aliphatic rings. The summed E-state index contributed by atoms with van der Waals surface area (Å²) in [5.74, 6) is 3.26. The molecule has 0 aliphatic heterocycles. The molecule has 0 heterocycles. The molecule has 3 fully saturated rings. The predicted molar refractivity (Wildman–Crippen MR) is 203 cm³/mol. The van der Waals surface area contributed by atoms with Crippen molar-refractivity contribution < 1.29 is 14.0 Å². The summed E-state index contributed by atoms with van der Waals surface area (Å²) in [5.41, 5.74) is -0.238. The van der Waals surface area contributed by atoms with E-state index >= 15 is 0 Å². The maximum atomic E-state index is 14.6. The molecule has 8 atom stereocenters. The Bertz CT molecular complexity index is 1350. The van der Waals surface area contributed by atoms with E-state index in [0.717, 1.165) is 38.0 Å². The van der Waals surface area contributed by atoms with Gasteiger partial charge in [0.2, 0.25) is 5.24 Å². The number of hydrogen-bond donors (Lipinski definition) is 0. The van der Waals surface area contributed by atoms with Crippen LogP contribution in [0.5, 0.6) is 0 Å². The van der Waals surface area contributed by atoms with Gasteiger partial charge in [0.15, 0.2) is 0 Å². The fourth-order valence-corrected chi connectivity index (χ4v) is 16.0. The van der Waals surface area contributed by atoms with Gasteiger partial charge in [0.25, 0.3) is 8.32 Å². The zero-order valence-corrected chi connectivity index (χ0v) is 33.0. The quantitative estimate of drug-likeness (QED) is 0.164. The Morgan fingerprint density at radius 3 is 2.00 bits per heavy atom. The van der Waals surface area contributed by atoms with Crippen LogP contribution in [-0.4, -0.2) is 25.4 Å². The Balaban J connectivity index is 1.39. The normalized spacial score (nSPS) is 31.9. The summed E-state index contributed by atoms with van der Waals surface area (Å²) in [6, 6.07) is 21.5. The molecule has 5 rings (SSSR count). The lowest BCUT2D eigenvalue weighted by molar-refractivity contribution is -0.146. The van der Waals surface area contributed by atoms with Gasteiger partial charge in [-0.25, -0.2) is 0 Å². The standard InChI is InChI=1S/C43H63ClO3Si/c1-30(2)16-15-17-31(3)36-22-23-37-35(29-40(44)46)38(25-27-42(36,37)7)43(8)26-24-32(28-39(43)45)47-48(41(4,5)6,33-18-11-9-12-19-33)34-20-13-10-14-21-34/h9-14,18-21,30-32,35-38H,15-17,22-29H2,1-8H3/t31-,32+,35+,36-,37+,38+,42-,43-/m1/s1. The summed E-state index contributed by atoms with van der Waals surface area (Å²) in [6.45, 7) is 18.8. The molecule has 0 radical (unpaired) electrons. The van der Waals surface area contributed by atoms with Gasteiger partial charge in [-0.05, 0) is 106 Å². The first-order chi connectivity index (χ1) is 22.6. The molecule has 0 bridgehead atoms. The summed E-state index contributed by atoms with van der Waals surface area (Å²) < 4.78 is 7.47. The molecule has 3 nitrogen and oxygen atoms in total. The van der Waals surface area contributed by atoms with Crippen molar-refractivity contribution in [2.24, 2.45) is 46.3 Å². The van der Waals surface area contributed by atoms with Crippen molar-refractivity contribution in [1.82, 2.24) is 0 Å². The summed E-state index contributed by atoms with van der Waals surface area (Å²) in [6.07, 6.45) is 10.8. The van der Waals surface area contributed by atoms with Gasteiger partial charge in [0.1, 0.15) is 5.78 Å². The molecular formula is C43H63ClO3Si. The molecule has 2 aromatic rings. The van der Waals surface area contributed by atoms with Crippen LogP contribution in [0, 0.1) is 46.3 Å². The molecule has 0 amide bonds. The second-order valence-electron chi connectivity index (χ2n) is 18.0. The number of Topliss-reactive ketones (excluding diaryl/α,β-unsaturated/α-hetero) is 1. The summed E-state index contributed by atoms with van der Waals surface area (Å²) >= 11 is 6.25. The lowest BCUT2D eigenvalue weighted by atomic mass is 9.49. The number of fused-ring (bicyclic) bond motifs is 1. The summed E-state index contributed by atoms with van der Waals surface area (Å²) in [7, 11) is -2.76. The number of carbonyl (C=O) groups is 2. The average molecular weight is 692 g/mol. The Labute approximate surface area is 298 Å². The SMILES string of the molecule is CC(C)CCC[C@@H](C)[C@H]1CC[C@H]2[C@H](CC(=O)Cl)[C@@H]([C@@]3(C)CC[C@H](O[Si](c4ccccc4)(c4ccccc4)C(C)(C)C)CC3=O)CC[C@]12C. The Kier molecular flexibility index (Phi) is 11.6. The van der Waals surface area contributed by atoms with E-state index in [2.05, 4.69) is 116 Å². The summed E-state index contributed by atoms with van der Waals surface area (Å²) in [5, 5.41) is 2.14. The predicted octanol–water partition coefficient (Wildman–Crippen LogP) is 10.4. The molecule has 5 heteroatoms. The van der Waals surface area contributed by atoms with Gasteiger partial charge in [0.05, 0.1) is 6.10 Å². The highest BCUT2D eigenvalue weighted by Gasteiger charge is 2.60. The van der Waals surface area contributed by atoms with Gasteiger partial charge in [-0.15, -0.1) is 0 Å². The van der Waals surface area contributed by atoms with E-state index in [4.69, 9.17) is 16.0 Å². The lowest BCUT2D eigenvalue weighted by Crippen LogP contribution is -2.68. The smallest absolute Gasteiger partial charge is 0.261 e. The Hall–Kier alpha value is -1.75. The molecule has 0 saturated heterocycles. The molecular weight excluding hydrogens is 628 g/mol. The van der Waals surface area contributed by atoms with Gasteiger partial charge in [-0.2, -0.15) is 0 Å². The maximum Gasteiger partial charge on any atom is 0.261 e. The number of carbonyl (C=O) groups excluding carboxylic acids is 2. The van der Waals surface area contributed by atoms with E-state index in [1.807, 2.05) is 0 Å². The van der Waals surface area contributed by atoms with Crippen LogP contribution in [0.4, 0.5) is 0 Å². The molecule has 2 aromatic carbocycles. The van der Waals surface area contributed by atoms with Crippen molar-refractivity contribution in [3.05, 3.63) is 60.7 Å². The zero-order valence-electron chi connectivity index (χ0n) is 31.2. The average Bonchev–Trinajstić information content (AvgIpc) is 3.39. The van der Waals surface area contributed by atoms with Crippen LogP contribution in [0.25, 0.3) is 0 Å². The maximum absolute atomic E-state index is 14.6. The lowest BCUT2D eigenvalue weighted by Gasteiger charge is -2.55. The Morgan fingerprint density at radius 1 is 0.875 bits per heavy atom. The van der Waals surface area contributed by atoms with Gasteiger partial charge in [0, 0.05) is 18.3 Å². The molecule has 3 aliphatic carbocycles. The van der Waals surface area contributed by atoms with Crippen LogP contribution in [0.1, 0.15) is 126 Å². The number of halogens is 1. The minimum atomic E-state index is -2.76. The Morgan fingerprint density at radius 2 is 1.48 bits per heavy atom. The van der Waals surface area contributed by atoms with E-state index in [9.17, 15) is 9.59 Å². The van der Waals surface area contributed by atoms with Crippen LogP contribution in [0.3, 0.4) is 0 Å². The van der Waals surface area contributed by atoms with E-state index in [-0.39, 0.29) is 33.6 Å². The van der Waals surface area contributed by atoms with Crippen LogP contribution >= 0.6 is 11.6 Å². The second kappa shape index (κ2) is 14.8. The molecule has 0 aromatic heterocycles. The van der Waals surface area contributed by atoms with Crippen molar-refractivity contribution in [3.8, 4) is 0 Å². The molecule has 0 N–H and O–H groups in total. The van der Waals surface area contributed by atoms with E-state index in [0.29, 0.717) is 36.4 Å². The molecule has 48 heavy (non-hydrogen) atoms. The minimum absolute atomic E-state index is 0.124. The molecule has 0 unspecified atom stereocenters. The van der Waals surface area contributed by atoms with Crippen LogP contribution in [0.2, 0.25) is 5.04 Å². The van der Waals surface area contributed by atoms with E-state index in [1.165, 1.54) is 36.1 Å². The van der Waals surface area contributed by atoms with Crippen molar-refractivity contribution in [3.63, 3.8) is 0 Å². The number of rotatable bonds is 12. The van der Waals surface area contributed by atoms with Crippen molar-refractivity contribution >= 4 is 41.3 Å². The fraction of sp³-hybridized carbons (Fsp3) is 0.674. The van der Waals surface area contributed by atoms with Crippen molar-refractivity contribution in [2.45, 2.75) is 137 Å². The fourth-order valence-electron chi connectivity index (χ4n) is 11.1. The second-order valence-corrected chi connectivity index (χ2v) is 22.6. The van der Waals surface area contributed by atoms with E-state index in [1.54, 1.807) is 0 Å². The monoisotopic (exact) mass is 690 g/mol. The highest BCUT2D eigenvalue weighted by Crippen LogP contribution is 2.65. The third-order valence-corrected chi connectivity index (χ3v) is 18.9. The van der Waals surface area contributed by atoms with Gasteiger partial charge >= 0.3 is 0 Å². The first-order valence-corrected chi connectivity index (χ1v) is 21.4. The third-order valence-electron chi connectivity index (χ3n) is 13.6. The van der Waals surface area contributed by atoms with Gasteiger partial charge < -0.3 is 4.43 Å². The highest BCUT2D eigenvalue weighted by molar-refractivity contribution is 6.99. The topological polar surface area (TPSA) is 43.4 Å². The van der Waals surface area contributed by atoms with Crippen LogP contribution in [0.15, 0.2) is 60.7 Å². The van der Waals surface area contributed by atoms with Gasteiger partial charge in [-0.1, -0.05) is 135 Å². The van der Waals surface area contributed by atoms with Crippen LogP contribution < -0.4 is 10.4 Å². The molecule has 0 spiro atoms. The minimum Gasteiger partial charge on any atom is -0.404 e. The molecule has 3 saturated carbocycles. The largest absolute Gasteiger partial charge is 0.404 e. The third kappa shape index (κ3) is 7.19. The van der Waals surface area contributed by atoms with Crippen LogP contribution in [-0.2, 0) is 14.0 Å². The highest BCUT2D eigenvalue weighted by atomic mass is 35.5. The number of ketones is 1. The first-order valence-electron chi connectivity index (χ1n) is 19.1. The number of hydrogen-bond acceptors (Lipinski definition) is 3. The van der Waals surface area contributed by atoms with E-state index < -0.39 is 13.7 Å².